The van der Waals surface area contributed by atoms with E-state index in [2.05, 4.69) is 10.9 Å². The topological polar surface area (TPSA) is 78.4 Å². The van der Waals surface area contributed by atoms with Gasteiger partial charge >= 0.3 is 5.97 Å². The van der Waals surface area contributed by atoms with Crippen LogP contribution in [0.4, 0.5) is 0 Å². The number of carboxylic acid groups (broad SMARTS) is 1. The summed E-state index contributed by atoms with van der Waals surface area (Å²) in [6.45, 7) is 1.48. The van der Waals surface area contributed by atoms with E-state index in [9.17, 15) is 9.59 Å². The molecule has 0 saturated carbocycles. The Morgan fingerprint density at radius 3 is 2.45 bits per heavy atom. The van der Waals surface area contributed by atoms with Crippen LogP contribution in [0.15, 0.2) is 0 Å². The number of carboxylic acids is 1. The second kappa shape index (κ2) is 4.68. The number of aliphatic carboxylic acids is 1. The van der Waals surface area contributed by atoms with Gasteiger partial charge in [0, 0.05) is 13.5 Å². The fraction of sp³-hybridized carbons (Fsp3) is 0.667. The van der Waals surface area contributed by atoms with Crippen LogP contribution in [0.5, 0.6) is 0 Å². The van der Waals surface area contributed by atoms with Crippen LogP contribution >= 0.6 is 0 Å². The summed E-state index contributed by atoms with van der Waals surface area (Å²) in [7, 11) is 1.54. The maximum Gasteiger partial charge on any atom is 0.306 e. The van der Waals surface area contributed by atoms with Gasteiger partial charge in [0.1, 0.15) is 0 Å². The smallest absolute Gasteiger partial charge is 0.306 e. The normalized spacial score (nSPS) is 12.2. The van der Waals surface area contributed by atoms with Crippen molar-refractivity contribution in [1.29, 1.82) is 0 Å². The predicted molar refractivity (Wildman–Crippen MR) is 38.6 cm³/mol. The largest absolute Gasteiger partial charge is 0.481 e. The average molecular weight is 160 g/mol. The summed E-state index contributed by atoms with van der Waals surface area (Å²) in [5, 5.41) is 8.40. The van der Waals surface area contributed by atoms with E-state index in [1.807, 2.05) is 0 Å². The highest BCUT2D eigenvalue weighted by molar-refractivity contribution is 5.81. The molecule has 0 fully saturated rings. The molecule has 0 saturated heterocycles. The Balaban J connectivity index is 3.66. The van der Waals surface area contributed by atoms with E-state index in [1.165, 1.54) is 6.92 Å². The van der Waals surface area contributed by atoms with Gasteiger partial charge in [-0.05, 0) is 0 Å². The lowest BCUT2D eigenvalue weighted by atomic mass is 10.1. The summed E-state index contributed by atoms with van der Waals surface area (Å²) in [5.74, 6) is -1.91. The highest BCUT2D eigenvalue weighted by atomic mass is 16.4. The molecule has 5 nitrogen and oxygen atoms in total. The van der Waals surface area contributed by atoms with E-state index in [0.717, 1.165) is 0 Å². The van der Waals surface area contributed by atoms with Crippen LogP contribution in [0.2, 0.25) is 0 Å². The van der Waals surface area contributed by atoms with Gasteiger partial charge in [-0.2, -0.15) is 0 Å². The highest BCUT2D eigenvalue weighted by Gasteiger charge is 2.14. The maximum atomic E-state index is 10.7. The van der Waals surface area contributed by atoms with Crippen LogP contribution in [-0.4, -0.2) is 24.0 Å². The van der Waals surface area contributed by atoms with Gasteiger partial charge in [-0.1, -0.05) is 6.92 Å². The molecule has 1 unspecified atom stereocenters. The fourth-order valence-corrected chi connectivity index (χ4v) is 0.556. The Labute approximate surface area is 64.8 Å². The van der Waals surface area contributed by atoms with Crippen LogP contribution in [0, 0.1) is 5.92 Å². The molecule has 0 rings (SSSR count). The van der Waals surface area contributed by atoms with Crippen molar-refractivity contribution in [1.82, 2.24) is 10.9 Å². The van der Waals surface area contributed by atoms with Crippen LogP contribution in [0.25, 0.3) is 0 Å². The molecule has 0 aliphatic rings. The second-order valence-electron chi connectivity index (χ2n) is 2.24. The summed E-state index contributed by atoms with van der Waals surface area (Å²) < 4.78 is 0. The number of hydrazine groups is 1. The van der Waals surface area contributed by atoms with Crippen molar-refractivity contribution in [2.24, 2.45) is 5.92 Å². The number of nitrogens with one attached hydrogen (secondary N) is 2. The van der Waals surface area contributed by atoms with Crippen molar-refractivity contribution in [3.8, 4) is 0 Å². The van der Waals surface area contributed by atoms with E-state index in [0.29, 0.717) is 0 Å². The number of rotatable bonds is 4. The molecule has 0 aromatic carbocycles. The molecule has 0 bridgehead atoms. The van der Waals surface area contributed by atoms with E-state index < -0.39 is 11.9 Å². The van der Waals surface area contributed by atoms with Gasteiger partial charge < -0.3 is 5.11 Å². The van der Waals surface area contributed by atoms with E-state index in [-0.39, 0.29) is 12.3 Å². The number of carbonyl (C=O) groups is 2. The molecule has 0 aliphatic carbocycles. The highest BCUT2D eigenvalue weighted by Crippen LogP contribution is 1.99. The van der Waals surface area contributed by atoms with Gasteiger partial charge in [0.05, 0.1) is 5.92 Å². The molecule has 3 N–H and O–H groups in total. The molecule has 0 aliphatic heterocycles. The number of carbonyl (C=O) groups excluding carboxylic acids is 1. The predicted octanol–water partition coefficient (Wildman–Crippen LogP) is -0.652. The van der Waals surface area contributed by atoms with Crippen molar-refractivity contribution < 1.29 is 14.7 Å². The third kappa shape index (κ3) is 4.32. The molecule has 11 heavy (non-hydrogen) atoms. The van der Waals surface area contributed by atoms with E-state index in [4.69, 9.17) is 5.11 Å². The second-order valence-corrected chi connectivity index (χ2v) is 2.24. The summed E-state index contributed by atoms with van der Waals surface area (Å²) in [5.41, 5.74) is 4.70. The first-order valence-electron chi connectivity index (χ1n) is 3.26. The van der Waals surface area contributed by atoms with Gasteiger partial charge in [-0.25, -0.2) is 5.43 Å². The zero-order chi connectivity index (χ0) is 8.85. The zero-order valence-electron chi connectivity index (χ0n) is 6.55. The Hall–Kier alpha value is -1.10. The Bertz CT molecular complexity index is 158. The molecular formula is C6H12N2O3. The van der Waals surface area contributed by atoms with Crippen molar-refractivity contribution in [2.45, 2.75) is 13.3 Å². The number of hydrogen-bond acceptors (Lipinski definition) is 3. The third-order valence-electron chi connectivity index (χ3n) is 1.18. The molecule has 0 spiro atoms. The Morgan fingerprint density at radius 2 is 2.09 bits per heavy atom. The number of amides is 1. The molecular weight excluding hydrogens is 148 g/mol. The molecule has 0 radical (unpaired) electrons. The van der Waals surface area contributed by atoms with Gasteiger partial charge in [0.15, 0.2) is 0 Å². The first kappa shape index (κ1) is 9.90. The van der Waals surface area contributed by atoms with Gasteiger partial charge in [0.2, 0.25) is 5.91 Å². The Kier molecular flexibility index (Phi) is 4.21. The summed E-state index contributed by atoms with van der Waals surface area (Å²) in [6, 6.07) is 0. The minimum atomic E-state index is -0.962. The third-order valence-corrected chi connectivity index (χ3v) is 1.18. The minimum Gasteiger partial charge on any atom is -0.481 e. The van der Waals surface area contributed by atoms with Crippen molar-refractivity contribution >= 4 is 11.9 Å². The fourth-order valence-electron chi connectivity index (χ4n) is 0.556. The summed E-state index contributed by atoms with van der Waals surface area (Å²) >= 11 is 0. The van der Waals surface area contributed by atoms with Crippen molar-refractivity contribution in [3.05, 3.63) is 0 Å². The standard InChI is InChI=1S/C6H12N2O3/c1-4(6(10)11)3-5(9)8-7-2/h4,7H,3H2,1-2H3,(H,8,9)(H,10,11). The maximum absolute atomic E-state index is 10.7. The van der Waals surface area contributed by atoms with E-state index >= 15 is 0 Å². The molecule has 5 heteroatoms. The van der Waals surface area contributed by atoms with Gasteiger partial charge in [-0.15, -0.1) is 0 Å². The van der Waals surface area contributed by atoms with Crippen LogP contribution in [-0.2, 0) is 9.59 Å². The zero-order valence-corrected chi connectivity index (χ0v) is 6.55. The number of hydrogen-bond donors (Lipinski definition) is 3. The minimum absolute atomic E-state index is 0.00380. The molecule has 64 valence electrons. The lowest BCUT2D eigenvalue weighted by Crippen LogP contribution is -2.35. The lowest BCUT2D eigenvalue weighted by Gasteiger charge is -2.05. The van der Waals surface area contributed by atoms with E-state index in [1.54, 1.807) is 7.05 Å². The van der Waals surface area contributed by atoms with Crippen molar-refractivity contribution in [2.75, 3.05) is 7.05 Å². The Morgan fingerprint density at radius 1 is 1.55 bits per heavy atom. The molecule has 0 aromatic rings. The van der Waals surface area contributed by atoms with Crippen molar-refractivity contribution in [3.63, 3.8) is 0 Å². The summed E-state index contributed by atoms with van der Waals surface area (Å²) in [4.78, 5) is 21.0. The average Bonchev–Trinajstić information content (AvgIpc) is 1.87. The molecule has 0 aromatic heterocycles. The van der Waals surface area contributed by atoms with Gasteiger partial charge in [0.25, 0.3) is 0 Å². The van der Waals surface area contributed by atoms with Crippen LogP contribution in [0.3, 0.4) is 0 Å². The summed E-state index contributed by atoms with van der Waals surface area (Å²) in [6.07, 6.45) is -0.00380. The molecule has 1 atom stereocenters. The monoisotopic (exact) mass is 160 g/mol. The van der Waals surface area contributed by atoms with Crippen LogP contribution in [0.1, 0.15) is 13.3 Å². The van der Waals surface area contributed by atoms with Crippen LogP contribution < -0.4 is 10.9 Å². The van der Waals surface area contributed by atoms with Gasteiger partial charge in [-0.3, -0.25) is 15.0 Å². The molecule has 0 heterocycles. The lowest BCUT2D eigenvalue weighted by molar-refractivity contribution is -0.143. The first-order chi connectivity index (χ1) is 5.07. The quantitative estimate of drug-likeness (QED) is 0.477. The SMILES string of the molecule is CNNC(=O)CC(C)C(=O)O. The molecule has 1 amide bonds. The first-order valence-corrected chi connectivity index (χ1v) is 3.26.